The summed E-state index contributed by atoms with van der Waals surface area (Å²) in [4.78, 5) is 4.64. The van der Waals surface area contributed by atoms with E-state index in [9.17, 15) is 0 Å². The molecule has 1 atom stereocenters. The fraction of sp³-hybridized carbons (Fsp3) is 0.400. The standard InChI is InChI=1S/C20H23N5O/c1-2-4-14(5-3-1)11-22-17-10-19(26-16-8-9-21-12-16)24-25-18(15-6-7-15)13-23-20(17)25/h1-5,10,13,15-16,21-22H,6-9,11-12H2. The lowest BCUT2D eigenvalue weighted by atomic mass is 10.2. The van der Waals surface area contributed by atoms with Gasteiger partial charge in [-0.3, -0.25) is 0 Å². The molecule has 134 valence electrons. The summed E-state index contributed by atoms with van der Waals surface area (Å²) in [7, 11) is 0. The van der Waals surface area contributed by atoms with Gasteiger partial charge < -0.3 is 15.4 Å². The molecule has 2 aromatic heterocycles. The number of fused-ring (bicyclic) bond motifs is 1. The third-order valence-electron chi connectivity index (χ3n) is 5.10. The predicted octanol–water partition coefficient (Wildman–Crippen LogP) is 2.96. The Labute approximate surface area is 152 Å². The maximum absolute atomic E-state index is 6.14. The summed E-state index contributed by atoms with van der Waals surface area (Å²) in [5, 5.41) is 11.6. The summed E-state index contributed by atoms with van der Waals surface area (Å²) in [6.07, 6.45) is 5.62. The van der Waals surface area contributed by atoms with E-state index in [1.54, 1.807) is 0 Å². The van der Waals surface area contributed by atoms with Gasteiger partial charge in [0.05, 0.1) is 17.6 Å². The van der Waals surface area contributed by atoms with Crippen LogP contribution >= 0.6 is 0 Å². The predicted molar refractivity (Wildman–Crippen MR) is 101 cm³/mol. The zero-order valence-electron chi connectivity index (χ0n) is 14.7. The molecule has 1 saturated carbocycles. The van der Waals surface area contributed by atoms with Crippen molar-refractivity contribution in [2.75, 3.05) is 18.4 Å². The van der Waals surface area contributed by atoms with Crippen LogP contribution in [-0.2, 0) is 6.54 Å². The van der Waals surface area contributed by atoms with Crippen molar-refractivity contribution in [2.24, 2.45) is 0 Å². The molecule has 0 radical (unpaired) electrons. The third kappa shape index (κ3) is 3.12. The first kappa shape index (κ1) is 15.6. The highest BCUT2D eigenvalue weighted by molar-refractivity contribution is 5.68. The van der Waals surface area contributed by atoms with Crippen molar-refractivity contribution in [3.05, 3.63) is 53.9 Å². The number of anilines is 1. The molecular formula is C20H23N5O. The molecule has 1 aliphatic carbocycles. The number of imidazole rings is 1. The summed E-state index contributed by atoms with van der Waals surface area (Å²) in [5.41, 5.74) is 4.27. The van der Waals surface area contributed by atoms with E-state index in [1.807, 2.05) is 22.8 Å². The second-order valence-corrected chi connectivity index (χ2v) is 7.16. The largest absolute Gasteiger partial charge is 0.472 e. The molecule has 0 bridgehead atoms. The van der Waals surface area contributed by atoms with Crippen LogP contribution in [0, 0.1) is 0 Å². The first-order valence-electron chi connectivity index (χ1n) is 9.41. The minimum absolute atomic E-state index is 0.190. The van der Waals surface area contributed by atoms with Crippen LogP contribution in [0.15, 0.2) is 42.6 Å². The Morgan fingerprint density at radius 3 is 2.85 bits per heavy atom. The lowest BCUT2D eigenvalue weighted by molar-refractivity contribution is 0.211. The Balaban J connectivity index is 1.47. The number of ether oxygens (including phenoxy) is 1. The normalized spacial score (nSPS) is 19.8. The van der Waals surface area contributed by atoms with Gasteiger partial charge in [0.15, 0.2) is 5.65 Å². The SMILES string of the molecule is c1ccc(CNc2cc(OC3CCNC3)nn3c(C4CC4)cnc23)cc1. The minimum atomic E-state index is 0.190. The molecule has 1 unspecified atom stereocenters. The second kappa shape index (κ2) is 6.61. The first-order valence-corrected chi connectivity index (χ1v) is 9.41. The van der Waals surface area contributed by atoms with Gasteiger partial charge in [-0.15, -0.1) is 5.10 Å². The topological polar surface area (TPSA) is 63.5 Å². The molecule has 1 saturated heterocycles. The molecule has 6 nitrogen and oxygen atoms in total. The van der Waals surface area contributed by atoms with Gasteiger partial charge in [-0.2, -0.15) is 0 Å². The lowest BCUT2D eigenvalue weighted by Gasteiger charge is -2.15. The molecule has 3 aromatic rings. The maximum atomic E-state index is 6.14. The highest BCUT2D eigenvalue weighted by Crippen LogP contribution is 2.40. The van der Waals surface area contributed by atoms with Gasteiger partial charge in [-0.1, -0.05) is 30.3 Å². The van der Waals surface area contributed by atoms with Crippen LogP contribution in [0.2, 0.25) is 0 Å². The molecule has 5 rings (SSSR count). The molecule has 1 aliphatic heterocycles. The molecule has 3 heterocycles. The van der Waals surface area contributed by atoms with Crippen LogP contribution in [0.3, 0.4) is 0 Å². The van der Waals surface area contributed by atoms with Gasteiger partial charge in [0, 0.05) is 25.1 Å². The van der Waals surface area contributed by atoms with E-state index in [2.05, 4.69) is 39.9 Å². The summed E-state index contributed by atoms with van der Waals surface area (Å²) in [6, 6.07) is 12.4. The van der Waals surface area contributed by atoms with Gasteiger partial charge in [-0.25, -0.2) is 9.50 Å². The summed E-state index contributed by atoms with van der Waals surface area (Å²) in [6.45, 7) is 2.63. The van der Waals surface area contributed by atoms with Crippen LogP contribution in [0.25, 0.3) is 5.65 Å². The fourth-order valence-electron chi connectivity index (χ4n) is 3.50. The molecule has 2 N–H and O–H groups in total. The molecule has 26 heavy (non-hydrogen) atoms. The molecule has 0 amide bonds. The van der Waals surface area contributed by atoms with E-state index >= 15 is 0 Å². The number of benzene rings is 1. The van der Waals surface area contributed by atoms with E-state index in [0.717, 1.165) is 37.4 Å². The number of rotatable bonds is 6. The zero-order chi connectivity index (χ0) is 17.3. The fourth-order valence-corrected chi connectivity index (χ4v) is 3.50. The number of nitrogens with zero attached hydrogens (tertiary/aromatic N) is 3. The van der Waals surface area contributed by atoms with Crippen molar-refractivity contribution in [3.63, 3.8) is 0 Å². The van der Waals surface area contributed by atoms with E-state index in [1.165, 1.54) is 24.1 Å². The average Bonchev–Trinajstić information content (AvgIpc) is 3.21. The molecule has 0 spiro atoms. The van der Waals surface area contributed by atoms with Gasteiger partial charge >= 0.3 is 0 Å². The van der Waals surface area contributed by atoms with Crippen LogP contribution in [0.5, 0.6) is 5.88 Å². The van der Waals surface area contributed by atoms with Crippen LogP contribution in [0.1, 0.15) is 36.4 Å². The Morgan fingerprint density at radius 1 is 1.19 bits per heavy atom. The van der Waals surface area contributed by atoms with Crippen molar-refractivity contribution in [2.45, 2.75) is 37.8 Å². The number of hydrogen-bond donors (Lipinski definition) is 2. The zero-order valence-corrected chi connectivity index (χ0v) is 14.7. The molecule has 2 fully saturated rings. The summed E-state index contributed by atoms with van der Waals surface area (Å²) >= 11 is 0. The first-order chi connectivity index (χ1) is 12.9. The molecule has 6 heteroatoms. The van der Waals surface area contributed by atoms with Crippen LogP contribution in [0.4, 0.5) is 5.69 Å². The number of nitrogens with one attached hydrogen (secondary N) is 2. The van der Waals surface area contributed by atoms with Gasteiger partial charge in [0.25, 0.3) is 0 Å². The van der Waals surface area contributed by atoms with E-state index in [0.29, 0.717) is 11.8 Å². The smallest absolute Gasteiger partial charge is 0.234 e. The third-order valence-corrected chi connectivity index (χ3v) is 5.10. The van der Waals surface area contributed by atoms with Crippen LogP contribution < -0.4 is 15.4 Å². The van der Waals surface area contributed by atoms with Crippen molar-refractivity contribution in [1.29, 1.82) is 0 Å². The van der Waals surface area contributed by atoms with Gasteiger partial charge in [0.2, 0.25) is 5.88 Å². The van der Waals surface area contributed by atoms with Crippen molar-refractivity contribution in [3.8, 4) is 5.88 Å². The molecular weight excluding hydrogens is 326 g/mol. The number of aromatic nitrogens is 3. The van der Waals surface area contributed by atoms with Crippen molar-refractivity contribution < 1.29 is 4.74 Å². The minimum Gasteiger partial charge on any atom is -0.472 e. The van der Waals surface area contributed by atoms with E-state index in [4.69, 9.17) is 9.84 Å². The Bertz CT molecular complexity index is 897. The summed E-state index contributed by atoms with van der Waals surface area (Å²) in [5.74, 6) is 1.25. The highest BCUT2D eigenvalue weighted by Gasteiger charge is 2.28. The average molecular weight is 349 g/mol. The Morgan fingerprint density at radius 2 is 2.08 bits per heavy atom. The molecule has 1 aromatic carbocycles. The molecule has 2 aliphatic rings. The lowest BCUT2D eigenvalue weighted by Crippen LogP contribution is -2.20. The van der Waals surface area contributed by atoms with Gasteiger partial charge in [-0.05, 0) is 31.4 Å². The Hall–Kier alpha value is -2.60. The summed E-state index contributed by atoms with van der Waals surface area (Å²) < 4.78 is 8.11. The number of hydrogen-bond acceptors (Lipinski definition) is 5. The quantitative estimate of drug-likeness (QED) is 0.716. The van der Waals surface area contributed by atoms with Gasteiger partial charge in [0.1, 0.15) is 6.10 Å². The second-order valence-electron chi connectivity index (χ2n) is 7.16. The monoisotopic (exact) mass is 349 g/mol. The van der Waals surface area contributed by atoms with E-state index in [-0.39, 0.29) is 6.10 Å². The van der Waals surface area contributed by atoms with Crippen LogP contribution in [-0.4, -0.2) is 33.8 Å². The van der Waals surface area contributed by atoms with Crippen molar-refractivity contribution >= 4 is 11.3 Å². The Kier molecular flexibility index (Phi) is 3.97. The maximum Gasteiger partial charge on any atom is 0.234 e. The highest BCUT2D eigenvalue weighted by atomic mass is 16.5. The van der Waals surface area contributed by atoms with E-state index < -0.39 is 0 Å². The van der Waals surface area contributed by atoms with Crippen molar-refractivity contribution in [1.82, 2.24) is 19.9 Å².